The van der Waals surface area contributed by atoms with Gasteiger partial charge >= 0.3 is 0 Å². The molecule has 2 aliphatic rings. The lowest BCUT2D eigenvalue weighted by atomic mass is 10.6. The van der Waals surface area contributed by atoms with Gasteiger partial charge in [-0.25, -0.2) is 0 Å². The summed E-state index contributed by atoms with van der Waals surface area (Å²) in [6, 6.07) is 0. The lowest BCUT2D eigenvalue weighted by molar-refractivity contribution is -0.176. The maximum Gasteiger partial charge on any atom is 0.0781 e. The second kappa shape index (κ2) is 5.97. The molecule has 9 heavy (non-hydrogen) atoms. The molecule has 56 valence electrons. The molecule has 1 atom stereocenters. The van der Waals surface area contributed by atoms with Crippen LogP contribution in [0.3, 0.4) is 0 Å². The van der Waals surface area contributed by atoms with Crippen LogP contribution in [0.5, 0.6) is 0 Å². The van der Waals surface area contributed by atoms with E-state index in [0.717, 1.165) is 19.8 Å². The molecule has 0 aromatic rings. The fraction of sp³-hybridized carbons (Fsp3) is 1.00. The molecule has 0 spiro atoms. The topological polar surface area (TPSA) is 65.5 Å². The molecular weight excluding hydrogens is 124 g/mol. The van der Waals surface area contributed by atoms with Gasteiger partial charge in [-0.15, -0.1) is 0 Å². The zero-order valence-corrected chi connectivity index (χ0v) is 5.41. The van der Waals surface area contributed by atoms with E-state index >= 15 is 0 Å². The van der Waals surface area contributed by atoms with E-state index in [4.69, 9.17) is 15.3 Å². The summed E-state index contributed by atoms with van der Waals surface area (Å²) in [5, 5.41) is 12.0. The molecule has 0 aliphatic carbocycles. The van der Waals surface area contributed by atoms with Crippen LogP contribution in [-0.4, -0.2) is 36.4 Å². The van der Waals surface area contributed by atoms with Crippen LogP contribution in [0.15, 0.2) is 0 Å². The Hall–Kier alpha value is -0.160. The fourth-order valence-electron chi connectivity index (χ4n) is 0.0962. The minimum Gasteiger partial charge on any atom is -0.377 e. The van der Waals surface area contributed by atoms with Gasteiger partial charge in [-0.2, -0.15) is 0 Å². The molecule has 1 unspecified atom stereocenters. The van der Waals surface area contributed by atoms with Crippen molar-refractivity contribution in [3.63, 3.8) is 0 Å². The summed E-state index contributed by atoms with van der Waals surface area (Å²) < 4.78 is 9.21. The zero-order valence-electron chi connectivity index (χ0n) is 5.41. The van der Waals surface area contributed by atoms with Crippen LogP contribution < -0.4 is 0 Å². The van der Waals surface area contributed by atoms with E-state index in [1.807, 2.05) is 0 Å². The van der Waals surface area contributed by atoms with Gasteiger partial charge in [-0.05, 0) is 6.92 Å². The van der Waals surface area contributed by atoms with Crippen LogP contribution in [0, 0.1) is 0 Å². The first-order valence-corrected chi connectivity index (χ1v) is 2.79. The third-order valence-corrected chi connectivity index (χ3v) is 0.704. The fourth-order valence-corrected chi connectivity index (χ4v) is 0.0962. The highest BCUT2D eigenvalue weighted by Gasteiger charge is 2.13. The molecule has 2 N–H and O–H groups in total. The molecule has 0 bridgehead atoms. The van der Waals surface area contributed by atoms with E-state index in [-0.39, 0.29) is 0 Å². The van der Waals surface area contributed by atoms with Crippen molar-refractivity contribution in [2.75, 3.05) is 19.8 Å². The highest BCUT2D eigenvalue weighted by atomic mass is 17.0. The highest BCUT2D eigenvalue weighted by Crippen LogP contribution is 2.04. The van der Waals surface area contributed by atoms with Crippen molar-refractivity contribution >= 4 is 0 Å². The van der Waals surface area contributed by atoms with Gasteiger partial charge in [0.15, 0.2) is 0 Å². The molecule has 4 heteroatoms. The van der Waals surface area contributed by atoms with Crippen molar-refractivity contribution in [1.29, 1.82) is 0 Å². The smallest absolute Gasteiger partial charge is 0.0781 e. The van der Waals surface area contributed by atoms with Gasteiger partial charge in [0.05, 0.1) is 25.9 Å². The summed E-state index contributed by atoms with van der Waals surface area (Å²) in [5.74, 6) is 0. The standard InChI is InChI=1S/C3H6O.C2H4O.H2O2/c1-3-2-4-3;1-2-3-1;1-2/h3H,2H2,1H3;1-2H2;1-2H. The van der Waals surface area contributed by atoms with E-state index in [1.54, 1.807) is 0 Å². The second-order valence-electron chi connectivity index (χ2n) is 1.76. The molecule has 2 saturated heterocycles. The van der Waals surface area contributed by atoms with Crippen molar-refractivity contribution in [2.45, 2.75) is 13.0 Å². The Balaban J connectivity index is 0.000000115. The van der Waals surface area contributed by atoms with Crippen LogP contribution in [-0.2, 0) is 9.47 Å². The average molecular weight is 136 g/mol. The Labute approximate surface area is 53.9 Å². The molecular formula is C5H12O4. The van der Waals surface area contributed by atoms with Crippen LogP contribution in [0.2, 0.25) is 0 Å². The molecule has 0 aromatic heterocycles. The first-order valence-electron chi connectivity index (χ1n) is 2.79. The minimum atomic E-state index is 0.583. The SMILES string of the molecule is C1CO1.CC1CO1.OO. The number of hydrogen-bond donors (Lipinski definition) is 2. The lowest BCUT2D eigenvalue weighted by Gasteiger charge is -1.50. The van der Waals surface area contributed by atoms with Crippen molar-refractivity contribution in [2.24, 2.45) is 0 Å². The van der Waals surface area contributed by atoms with E-state index in [2.05, 4.69) is 11.7 Å². The number of epoxide rings is 2. The summed E-state index contributed by atoms with van der Waals surface area (Å²) in [7, 11) is 0. The predicted octanol–water partition coefficient (Wildman–Crippen LogP) is 0.439. The van der Waals surface area contributed by atoms with Crippen LogP contribution in [0.4, 0.5) is 0 Å². The van der Waals surface area contributed by atoms with Crippen molar-refractivity contribution in [3.8, 4) is 0 Å². The van der Waals surface area contributed by atoms with Crippen molar-refractivity contribution in [3.05, 3.63) is 0 Å². The third kappa shape index (κ3) is 18.1. The second-order valence-corrected chi connectivity index (χ2v) is 1.76. The Morgan fingerprint density at radius 2 is 1.56 bits per heavy atom. The summed E-state index contributed by atoms with van der Waals surface area (Å²) in [6.45, 7) is 5.04. The Kier molecular flexibility index (Phi) is 5.86. The van der Waals surface area contributed by atoms with Crippen LogP contribution >= 0.6 is 0 Å². The van der Waals surface area contributed by atoms with Crippen molar-refractivity contribution in [1.82, 2.24) is 0 Å². The van der Waals surface area contributed by atoms with Gasteiger partial charge in [-0.1, -0.05) is 0 Å². The molecule has 0 radical (unpaired) electrons. The molecule has 2 fully saturated rings. The molecule has 2 rings (SSSR count). The first kappa shape index (κ1) is 8.84. The van der Waals surface area contributed by atoms with Crippen LogP contribution in [0.1, 0.15) is 6.92 Å². The predicted molar refractivity (Wildman–Crippen MR) is 31.5 cm³/mol. The molecule has 2 heterocycles. The normalized spacial score (nSPS) is 26.3. The molecule has 0 saturated carbocycles. The Bertz CT molecular complexity index is 48.2. The van der Waals surface area contributed by atoms with Gasteiger partial charge < -0.3 is 9.47 Å². The van der Waals surface area contributed by atoms with Gasteiger partial charge in [0.2, 0.25) is 0 Å². The number of hydrogen-bond acceptors (Lipinski definition) is 4. The molecule has 0 amide bonds. The quantitative estimate of drug-likeness (QED) is 0.288. The van der Waals surface area contributed by atoms with E-state index in [9.17, 15) is 0 Å². The van der Waals surface area contributed by atoms with E-state index < -0.39 is 0 Å². The monoisotopic (exact) mass is 136 g/mol. The Morgan fingerprint density at radius 1 is 1.33 bits per heavy atom. The maximum absolute atomic E-state index is 6.00. The van der Waals surface area contributed by atoms with Gasteiger partial charge in [0.25, 0.3) is 0 Å². The number of rotatable bonds is 0. The molecule has 4 nitrogen and oxygen atoms in total. The summed E-state index contributed by atoms with van der Waals surface area (Å²) in [4.78, 5) is 0. The first-order chi connectivity index (χ1) is 4.39. The van der Waals surface area contributed by atoms with E-state index in [1.165, 1.54) is 0 Å². The average Bonchev–Trinajstić information content (AvgIpc) is 2.67. The van der Waals surface area contributed by atoms with Crippen LogP contribution in [0.25, 0.3) is 0 Å². The van der Waals surface area contributed by atoms with Gasteiger partial charge in [0, 0.05) is 0 Å². The third-order valence-electron chi connectivity index (χ3n) is 0.704. The van der Waals surface area contributed by atoms with Gasteiger partial charge in [-0.3, -0.25) is 10.5 Å². The summed E-state index contributed by atoms with van der Waals surface area (Å²) in [6.07, 6.45) is 0.583. The van der Waals surface area contributed by atoms with Crippen molar-refractivity contribution < 1.29 is 20.0 Å². The summed E-state index contributed by atoms with van der Waals surface area (Å²) in [5.41, 5.74) is 0. The Morgan fingerprint density at radius 3 is 1.56 bits per heavy atom. The molecule has 2 aliphatic heterocycles. The lowest BCUT2D eigenvalue weighted by Crippen LogP contribution is -1.60. The number of ether oxygens (including phenoxy) is 2. The van der Waals surface area contributed by atoms with Gasteiger partial charge in [0.1, 0.15) is 0 Å². The minimum absolute atomic E-state index is 0.583. The molecule has 0 aromatic carbocycles. The largest absolute Gasteiger partial charge is 0.377 e. The summed E-state index contributed by atoms with van der Waals surface area (Å²) >= 11 is 0. The highest BCUT2D eigenvalue weighted by molar-refractivity contribution is 4.58. The zero-order chi connectivity index (χ0) is 7.11. The maximum atomic E-state index is 6.00. The van der Waals surface area contributed by atoms with E-state index in [0.29, 0.717) is 6.10 Å².